The molecule has 6 N–H and O–H groups in total. The molecule has 0 radical (unpaired) electrons. The molecule has 0 amide bonds. The molecule has 0 saturated carbocycles. The first-order valence-corrected chi connectivity index (χ1v) is 13.6. The minimum Gasteiger partial charge on any atom is -0.404 e. The number of phosphoric acid groups is 2. The Morgan fingerprint density at radius 3 is 1.53 bits per heavy atom. The largest absolute Gasteiger partial charge is 0.524 e. The fraction of sp³-hybridized carbons (Fsp3) is 0.333. The molecule has 14 heteroatoms. The molecule has 2 aromatic heterocycles. The standard InChI is InChI=1S/2C12H17N2O4P/c2*1-14(2)7-6-9-8-13-10-4-3-5-11(12(9)10)18-19(15,16)17/h2*3-5,8,13H,6-7H2,1-2H3,(H2,15,16,17)/i2*1D3,6D,7D2. The summed E-state index contributed by atoms with van der Waals surface area (Å²) in [5.74, 6) is -0.460. The summed E-state index contributed by atoms with van der Waals surface area (Å²) in [4.78, 5) is 42.6. The fourth-order valence-electron chi connectivity index (χ4n) is 3.32. The van der Waals surface area contributed by atoms with Crippen LogP contribution in [0.5, 0.6) is 11.5 Å². The van der Waals surface area contributed by atoms with Crippen molar-refractivity contribution in [3.8, 4) is 11.5 Å². The molecule has 2 aromatic carbocycles. The molecule has 0 fully saturated rings. The van der Waals surface area contributed by atoms with Gasteiger partial charge in [0.25, 0.3) is 0 Å². The first-order chi connectivity index (χ1) is 22.5. The van der Waals surface area contributed by atoms with Gasteiger partial charge in [-0.1, -0.05) is 12.1 Å². The van der Waals surface area contributed by atoms with Crippen LogP contribution in [0.25, 0.3) is 21.8 Å². The molecule has 0 bridgehead atoms. The molecule has 0 spiro atoms. The average molecular weight is 581 g/mol. The molecule has 2 unspecified atom stereocenters. The van der Waals surface area contributed by atoms with E-state index in [2.05, 4.69) is 19.0 Å². The van der Waals surface area contributed by atoms with Gasteiger partial charge in [0.2, 0.25) is 0 Å². The van der Waals surface area contributed by atoms with Crippen molar-refractivity contribution in [1.82, 2.24) is 19.8 Å². The van der Waals surface area contributed by atoms with E-state index in [0.29, 0.717) is 20.8 Å². The monoisotopic (exact) mass is 580 g/mol. The van der Waals surface area contributed by atoms with Gasteiger partial charge in [-0.15, -0.1) is 0 Å². The first kappa shape index (κ1) is 17.1. The number of aryl methyl sites for hydroxylation is 2. The molecule has 2 heterocycles. The van der Waals surface area contributed by atoms with Gasteiger partial charge in [0.1, 0.15) is 11.5 Å². The van der Waals surface area contributed by atoms with Crippen molar-refractivity contribution >= 4 is 37.5 Å². The summed E-state index contributed by atoms with van der Waals surface area (Å²) in [6.45, 7) is -10.7. The van der Waals surface area contributed by atoms with E-state index in [1.54, 1.807) is 12.1 Å². The van der Waals surface area contributed by atoms with Gasteiger partial charge in [0.05, 0.1) is 0 Å². The van der Waals surface area contributed by atoms with Gasteiger partial charge < -0.3 is 28.8 Å². The van der Waals surface area contributed by atoms with Crippen LogP contribution in [0.15, 0.2) is 48.8 Å². The van der Waals surface area contributed by atoms with Crippen molar-refractivity contribution < 1.29 is 54.2 Å². The van der Waals surface area contributed by atoms with Crippen molar-refractivity contribution in [3.05, 3.63) is 59.9 Å². The summed E-state index contributed by atoms with van der Waals surface area (Å²) >= 11 is 0. The van der Waals surface area contributed by atoms with Crippen LogP contribution >= 0.6 is 15.6 Å². The number of nitrogens with one attached hydrogen (secondary N) is 2. The zero-order valence-electron chi connectivity index (χ0n) is 32.0. The molecule has 0 aliphatic rings. The van der Waals surface area contributed by atoms with Crippen LogP contribution in [0.1, 0.15) is 27.6 Å². The normalized spacial score (nSPS) is 20.0. The van der Waals surface area contributed by atoms with Crippen molar-refractivity contribution in [2.24, 2.45) is 0 Å². The summed E-state index contributed by atoms with van der Waals surface area (Å²) < 4.78 is 124. The number of nitrogens with zero attached hydrogens (tertiary/aromatic N) is 2. The second-order valence-electron chi connectivity index (χ2n) is 7.67. The van der Waals surface area contributed by atoms with E-state index in [1.807, 2.05) is 0 Å². The molecule has 0 aliphatic carbocycles. The lowest BCUT2D eigenvalue weighted by Gasteiger charge is -2.11. The Morgan fingerprint density at radius 2 is 1.18 bits per heavy atom. The van der Waals surface area contributed by atoms with Gasteiger partial charge in [0.15, 0.2) is 0 Å². The second-order valence-corrected chi connectivity index (χ2v) is 10.0. The van der Waals surface area contributed by atoms with E-state index in [1.165, 1.54) is 36.7 Å². The smallest absolute Gasteiger partial charge is 0.404 e. The molecule has 38 heavy (non-hydrogen) atoms. The highest BCUT2D eigenvalue weighted by Crippen LogP contribution is 2.42. The van der Waals surface area contributed by atoms with E-state index in [9.17, 15) is 9.13 Å². The molecule has 208 valence electrons. The topological polar surface area (TPSA) is 172 Å². The number of hydrogen-bond acceptors (Lipinski definition) is 6. The van der Waals surface area contributed by atoms with E-state index in [-0.39, 0.29) is 33.4 Å². The van der Waals surface area contributed by atoms with Gasteiger partial charge in [-0.05, 0) is 76.2 Å². The molecule has 4 aromatic rings. The lowest BCUT2D eigenvalue weighted by Crippen LogP contribution is -2.14. The quantitative estimate of drug-likeness (QED) is 0.153. The number of fused-ring (bicyclic) bond motifs is 2. The second kappa shape index (κ2) is 12.5. The zero-order chi connectivity index (χ0) is 38.4. The lowest BCUT2D eigenvalue weighted by atomic mass is 10.1. The average Bonchev–Trinajstić information content (AvgIpc) is 3.59. The number of aromatic amines is 2. The van der Waals surface area contributed by atoms with Gasteiger partial charge in [0, 0.05) is 63.6 Å². The molecular formula is C24H34N4O8P2. The highest BCUT2D eigenvalue weighted by molar-refractivity contribution is 7.47. The summed E-state index contributed by atoms with van der Waals surface area (Å²) in [6, 6.07) is 8.59. The number of hydrogen-bond donors (Lipinski definition) is 6. The van der Waals surface area contributed by atoms with Crippen LogP contribution in [0.4, 0.5) is 0 Å². The van der Waals surface area contributed by atoms with Crippen LogP contribution in [-0.2, 0) is 21.9 Å². The number of rotatable bonds is 10. The van der Waals surface area contributed by atoms with Gasteiger partial charge in [-0.3, -0.25) is 19.6 Å². The molecule has 4 rings (SSSR count). The Labute approximate surface area is 237 Å². The Morgan fingerprint density at radius 1 is 0.789 bits per heavy atom. The Hall–Kier alpha value is -2.66. The highest BCUT2D eigenvalue weighted by atomic mass is 31.2. The Bertz CT molecular complexity index is 1770. The number of likely N-dealkylation sites (N-methyl/N-ethyl adjacent to an activating group) is 2. The van der Waals surface area contributed by atoms with Gasteiger partial charge in [-0.2, -0.15) is 0 Å². The number of aromatic nitrogens is 2. The third-order valence-corrected chi connectivity index (χ3v) is 5.53. The predicted molar refractivity (Wildman–Crippen MR) is 146 cm³/mol. The number of phosphoric ester groups is 2. The van der Waals surface area contributed by atoms with Crippen LogP contribution in [0, 0.1) is 0 Å². The van der Waals surface area contributed by atoms with E-state index in [4.69, 9.17) is 36.0 Å². The lowest BCUT2D eigenvalue weighted by molar-refractivity contribution is 0.282. The van der Waals surface area contributed by atoms with Crippen molar-refractivity contribution in [1.29, 1.82) is 0 Å². The van der Waals surface area contributed by atoms with E-state index in [0.717, 1.165) is 14.1 Å². The maximum Gasteiger partial charge on any atom is 0.524 e. The van der Waals surface area contributed by atoms with Crippen molar-refractivity contribution in [2.45, 2.75) is 12.8 Å². The van der Waals surface area contributed by atoms with Crippen molar-refractivity contribution in [2.75, 3.05) is 41.0 Å². The number of H-pyrrole nitrogens is 2. The first-order valence-electron chi connectivity index (χ1n) is 16.7. The highest BCUT2D eigenvalue weighted by Gasteiger charge is 2.20. The fourth-order valence-corrected chi connectivity index (χ4v) is 4.14. The van der Waals surface area contributed by atoms with Crippen LogP contribution in [-0.4, -0.2) is 80.4 Å². The summed E-state index contributed by atoms with van der Waals surface area (Å²) in [5, 5.41) is 0.210. The maximum atomic E-state index is 11.1. The summed E-state index contributed by atoms with van der Waals surface area (Å²) in [5.41, 5.74) is 0.761. The minimum absolute atomic E-state index is 0.0140. The van der Waals surface area contributed by atoms with E-state index < -0.39 is 55.4 Å². The molecule has 0 saturated heterocycles. The van der Waals surface area contributed by atoms with Crippen molar-refractivity contribution in [3.63, 3.8) is 0 Å². The zero-order valence-corrected chi connectivity index (χ0v) is 21.8. The van der Waals surface area contributed by atoms with Crippen LogP contribution < -0.4 is 9.05 Å². The molecular weight excluding hydrogens is 534 g/mol. The SMILES string of the molecule is [2H]C(c1c[nH]c2cccc(OP(=O)(O)O)c12)C([2H])([2H])N(C)C([2H])([2H])[2H].[2H]C(c1c[nH]c2cccc(OP(=O)(O)O)c12)C([2H])([2H])N(C)C([2H])([2H])[2H]. The predicted octanol–water partition coefficient (Wildman–Crippen LogP) is 3.49. The minimum atomic E-state index is -4.87. The summed E-state index contributed by atoms with van der Waals surface area (Å²) in [6.07, 6.45) is -0.790. The third kappa shape index (κ3) is 8.69. The van der Waals surface area contributed by atoms with Crippen LogP contribution in [0.2, 0.25) is 0 Å². The van der Waals surface area contributed by atoms with Crippen LogP contribution in [0.3, 0.4) is 0 Å². The number of benzene rings is 2. The third-order valence-electron chi connectivity index (χ3n) is 4.66. The Balaban J connectivity index is 0.000000270. The molecule has 12 nitrogen and oxygen atoms in total. The van der Waals surface area contributed by atoms with E-state index >= 15 is 0 Å². The summed E-state index contributed by atoms with van der Waals surface area (Å²) in [7, 11) is -7.67. The molecule has 2 atom stereocenters. The molecule has 0 aliphatic heterocycles. The van der Waals surface area contributed by atoms with Gasteiger partial charge >= 0.3 is 15.6 Å². The van der Waals surface area contributed by atoms with Gasteiger partial charge in [-0.25, -0.2) is 9.13 Å². The maximum absolute atomic E-state index is 11.1. The Kier molecular flexibility index (Phi) is 5.61.